The Hall–Kier alpha value is -2.34. The molecule has 1 aromatic heterocycles. The lowest BCUT2D eigenvalue weighted by Gasteiger charge is -2.40. The molecular formula is C19H16ClNO4. The molecule has 1 saturated heterocycles. The van der Waals surface area contributed by atoms with Crippen molar-refractivity contribution in [2.75, 3.05) is 19.8 Å². The third-order valence-electron chi connectivity index (χ3n) is 4.87. The van der Waals surface area contributed by atoms with Crippen LogP contribution in [0.5, 0.6) is 0 Å². The summed E-state index contributed by atoms with van der Waals surface area (Å²) >= 11 is 6.39. The van der Waals surface area contributed by atoms with E-state index >= 15 is 0 Å². The number of fused-ring (bicyclic) bond motifs is 1. The van der Waals surface area contributed by atoms with Gasteiger partial charge in [-0.3, -0.25) is 0 Å². The van der Waals surface area contributed by atoms with Crippen LogP contribution < -0.4 is 0 Å². The molecule has 128 valence electrons. The van der Waals surface area contributed by atoms with E-state index in [1.165, 1.54) is 6.20 Å². The molecule has 5 nitrogen and oxygen atoms in total. The second-order valence-corrected chi connectivity index (χ2v) is 6.80. The van der Waals surface area contributed by atoms with Gasteiger partial charge in [0.05, 0.1) is 35.8 Å². The molecule has 0 saturated carbocycles. The van der Waals surface area contributed by atoms with Crippen molar-refractivity contribution in [1.82, 2.24) is 4.98 Å². The number of carbonyl (C=O) groups is 1. The van der Waals surface area contributed by atoms with E-state index in [-0.39, 0.29) is 17.6 Å². The molecule has 0 aliphatic carbocycles. The van der Waals surface area contributed by atoms with Crippen LogP contribution in [0.3, 0.4) is 0 Å². The minimum atomic E-state index is -0.982. The Morgan fingerprint density at radius 3 is 2.52 bits per heavy atom. The van der Waals surface area contributed by atoms with Gasteiger partial charge in [-0.1, -0.05) is 35.9 Å². The first-order chi connectivity index (χ1) is 12.0. The van der Waals surface area contributed by atoms with Gasteiger partial charge < -0.3 is 19.9 Å². The smallest absolute Gasteiger partial charge is 0.337 e. The maximum absolute atomic E-state index is 11.3. The van der Waals surface area contributed by atoms with Crippen molar-refractivity contribution in [3.8, 4) is 11.1 Å². The number of ether oxygens (including phenoxy) is 1. The lowest BCUT2D eigenvalue weighted by atomic mass is 9.79. The van der Waals surface area contributed by atoms with E-state index in [0.717, 1.165) is 16.7 Å². The van der Waals surface area contributed by atoms with Crippen LogP contribution in [0.25, 0.3) is 22.0 Å². The van der Waals surface area contributed by atoms with E-state index < -0.39 is 5.97 Å². The van der Waals surface area contributed by atoms with Crippen molar-refractivity contribution < 1.29 is 19.7 Å². The number of rotatable bonds is 4. The van der Waals surface area contributed by atoms with E-state index in [1.807, 2.05) is 24.3 Å². The lowest BCUT2D eigenvalue weighted by molar-refractivity contribution is -0.0841. The van der Waals surface area contributed by atoms with Gasteiger partial charge in [-0.25, -0.2) is 4.79 Å². The Bertz CT molecular complexity index is 952. The highest BCUT2D eigenvalue weighted by atomic mass is 35.5. The first kappa shape index (κ1) is 16.1. The molecular weight excluding hydrogens is 342 g/mol. The van der Waals surface area contributed by atoms with Crippen LogP contribution in [0.4, 0.5) is 0 Å². The number of nitrogens with one attached hydrogen (secondary N) is 1. The minimum absolute atomic E-state index is 0.0460. The third kappa shape index (κ3) is 2.52. The van der Waals surface area contributed by atoms with Gasteiger partial charge >= 0.3 is 5.97 Å². The largest absolute Gasteiger partial charge is 0.478 e. The summed E-state index contributed by atoms with van der Waals surface area (Å²) < 4.78 is 5.25. The SMILES string of the molecule is O=C(O)c1c[nH]c2cc(Cl)c(-c3ccc(C4(CO)COC4)cc3)cc12. The first-order valence-electron chi connectivity index (χ1n) is 7.87. The molecule has 1 fully saturated rings. The number of aliphatic hydroxyl groups is 1. The highest BCUT2D eigenvalue weighted by molar-refractivity contribution is 6.34. The zero-order chi connectivity index (χ0) is 17.6. The number of hydrogen-bond donors (Lipinski definition) is 3. The van der Waals surface area contributed by atoms with E-state index in [9.17, 15) is 15.0 Å². The molecule has 3 aromatic rings. The summed E-state index contributed by atoms with van der Waals surface area (Å²) in [6.45, 7) is 1.08. The number of aliphatic hydroxyl groups excluding tert-OH is 1. The van der Waals surface area contributed by atoms with Crippen molar-refractivity contribution in [3.05, 3.63) is 58.7 Å². The molecule has 0 spiro atoms. The molecule has 6 heteroatoms. The maximum Gasteiger partial charge on any atom is 0.337 e. The molecule has 0 bridgehead atoms. The number of H-pyrrole nitrogens is 1. The number of aromatic nitrogens is 1. The van der Waals surface area contributed by atoms with Crippen LogP contribution in [0.1, 0.15) is 15.9 Å². The Morgan fingerprint density at radius 1 is 1.24 bits per heavy atom. The lowest BCUT2D eigenvalue weighted by Crippen LogP contribution is -2.49. The second-order valence-electron chi connectivity index (χ2n) is 6.39. The summed E-state index contributed by atoms with van der Waals surface area (Å²) in [4.78, 5) is 14.3. The van der Waals surface area contributed by atoms with Crippen LogP contribution in [-0.4, -0.2) is 41.0 Å². The van der Waals surface area contributed by atoms with Crippen LogP contribution in [0.2, 0.25) is 5.02 Å². The van der Waals surface area contributed by atoms with Gasteiger partial charge in [0.15, 0.2) is 0 Å². The average Bonchev–Trinajstić information content (AvgIpc) is 2.97. The highest BCUT2D eigenvalue weighted by Crippen LogP contribution is 2.36. The summed E-state index contributed by atoms with van der Waals surface area (Å²) in [7, 11) is 0. The third-order valence-corrected chi connectivity index (χ3v) is 5.18. The molecule has 0 unspecified atom stereocenters. The highest BCUT2D eigenvalue weighted by Gasteiger charge is 2.39. The summed E-state index contributed by atoms with van der Waals surface area (Å²) in [6, 6.07) is 11.3. The summed E-state index contributed by atoms with van der Waals surface area (Å²) in [5.74, 6) is -0.982. The van der Waals surface area contributed by atoms with Crippen molar-refractivity contribution in [2.45, 2.75) is 5.41 Å². The average molecular weight is 358 g/mol. The molecule has 4 rings (SSSR count). The van der Waals surface area contributed by atoms with Crippen molar-refractivity contribution in [3.63, 3.8) is 0 Å². The summed E-state index contributed by atoms with van der Waals surface area (Å²) in [5, 5.41) is 20.1. The number of hydrogen-bond acceptors (Lipinski definition) is 3. The van der Waals surface area contributed by atoms with Crippen LogP contribution in [-0.2, 0) is 10.2 Å². The normalized spacial score (nSPS) is 15.9. The maximum atomic E-state index is 11.3. The number of carboxylic acids is 1. The Balaban J connectivity index is 1.77. The van der Waals surface area contributed by atoms with Gasteiger partial charge in [0.1, 0.15) is 0 Å². The van der Waals surface area contributed by atoms with Gasteiger partial charge in [-0.15, -0.1) is 0 Å². The molecule has 25 heavy (non-hydrogen) atoms. The topological polar surface area (TPSA) is 82.5 Å². The summed E-state index contributed by atoms with van der Waals surface area (Å²) in [6.07, 6.45) is 1.47. The van der Waals surface area contributed by atoms with Gasteiger partial charge in [0, 0.05) is 22.7 Å². The fraction of sp³-hybridized carbons (Fsp3) is 0.211. The standard InChI is InChI=1S/C19H16ClNO4/c20-16-6-17-14(15(7-21-17)18(23)24)5-13(16)11-1-3-12(4-2-11)19(8-22)9-25-10-19/h1-7,21-22H,8-10H2,(H,23,24). The molecule has 2 aromatic carbocycles. The van der Waals surface area contributed by atoms with Gasteiger partial charge in [-0.05, 0) is 23.3 Å². The minimum Gasteiger partial charge on any atom is -0.478 e. The van der Waals surface area contributed by atoms with Crippen molar-refractivity contribution >= 4 is 28.5 Å². The predicted octanol–water partition coefficient (Wildman–Crippen LogP) is 3.45. The number of benzene rings is 2. The quantitative estimate of drug-likeness (QED) is 0.668. The van der Waals surface area contributed by atoms with Crippen molar-refractivity contribution in [2.24, 2.45) is 0 Å². The summed E-state index contributed by atoms with van der Waals surface area (Å²) in [5.41, 5.74) is 3.27. The fourth-order valence-corrected chi connectivity index (χ4v) is 3.52. The molecule has 3 N–H and O–H groups in total. The molecule has 1 aliphatic rings. The fourth-order valence-electron chi connectivity index (χ4n) is 3.24. The van der Waals surface area contributed by atoms with Gasteiger partial charge in [0.2, 0.25) is 0 Å². The zero-order valence-electron chi connectivity index (χ0n) is 13.3. The number of carboxylic acid groups (broad SMARTS) is 1. The second kappa shape index (κ2) is 5.88. The van der Waals surface area contributed by atoms with Gasteiger partial charge in [0.25, 0.3) is 0 Å². The zero-order valence-corrected chi connectivity index (χ0v) is 14.0. The molecule has 2 heterocycles. The molecule has 0 amide bonds. The van der Waals surface area contributed by atoms with E-state index in [2.05, 4.69) is 4.98 Å². The predicted molar refractivity (Wildman–Crippen MR) is 95.3 cm³/mol. The monoisotopic (exact) mass is 357 g/mol. The molecule has 1 aliphatic heterocycles. The molecule has 0 radical (unpaired) electrons. The van der Waals surface area contributed by atoms with Crippen LogP contribution >= 0.6 is 11.6 Å². The number of halogens is 1. The number of aromatic carboxylic acids is 1. The Kier molecular flexibility index (Phi) is 3.80. The Labute approximate surface area is 148 Å². The van der Waals surface area contributed by atoms with E-state index in [1.54, 1.807) is 12.1 Å². The van der Waals surface area contributed by atoms with Crippen LogP contribution in [0.15, 0.2) is 42.6 Å². The Morgan fingerprint density at radius 2 is 1.96 bits per heavy atom. The van der Waals surface area contributed by atoms with Crippen molar-refractivity contribution in [1.29, 1.82) is 0 Å². The van der Waals surface area contributed by atoms with E-state index in [0.29, 0.717) is 29.1 Å². The van der Waals surface area contributed by atoms with Crippen LogP contribution in [0, 0.1) is 0 Å². The van der Waals surface area contributed by atoms with E-state index in [4.69, 9.17) is 16.3 Å². The number of aromatic amines is 1. The van der Waals surface area contributed by atoms with Gasteiger partial charge in [-0.2, -0.15) is 0 Å². The first-order valence-corrected chi connectivity index (χ1v) is 8.25. The molecule has 0 atom stereocenters.